The molecule has 1 saturated heterocycles. The van der Waals surface area contributed by atoms with Crippen LogP contribution in [0.15, 0.2) is 12.1 Å². The minimum absolute atomic E-state index is 0.0586. The Morgan fingerprint density at radius 2 is 1.84 bits per heavy atom. The molecule has 0 bridgehead atoms. The highest BCUT2D eigenvalue weighted by Gasteiger charge is 2.31. The Balaban J connectivity index is 1.87. The number of piperidine rings is 1. The molecule has 1 aliphatic heterocycles. The summed E-state index contributed by atoms with van der Waals surface area (Å²) < 4.78 is 10.7. The van der Waals surface area contributed by atoms with E-state index in [0.29, 0.717) is 37.7 Å². The molecule has 138 valence electrons. The standard InChI is InChI=1S/C16H24N4O5/c1-10(2)14(17-16(22)23)15(21)20-8-6-11(7-9-20)25-13-5-4-12(24-3)18-19-13/h4-5,10-11,14,17H,6-9H2,1-3H3,(H,22,23)/t14-/m0/s1. The first-order valence-corrected chi connectivity index (χ1v) is 8.23. The number of methoxy groups -OCH3 is 1. The quantitative estimate of drug-likeness (QED) is 0.789. The van der Waals surface area contributed by atoms with Crippen molar-refractivity contribution >= 4 is 12.0 Å². The summed E-state index contributed by atoms with van der Waals surface area (Å²) in [7, 11) is 1.51. The zero-order chi connectivity index (χ0) is 18.4. The van der Waals surface area contributed by atoms with Gasteiger partial charge in [0, 0.05) is 38.1 Å². The maximum absolute atomic E-state index is 12.5. The molecule has 0 spiro atoms. The number of hydrogen-bond donors (Lipinski definition) is 2. The zero-order valence-corrected chi connectivity index (χ0v) is 14.6. The Morgan fingerprint density at radius 1 is 1.24 bits per heavy atom. The second kappa shape index (κ2) is 8.50. The number of carbonyl (C=O) groups is 2. The van der Waals surface area contributed by atoms with Crippen molar-refractivity contribution in [1.29, 1.82) is 0 Å². The lowest BCUT2D eigenvalue weighted by Gasteiger charge is -2.34. The Kier molecular flexibility index (Phi) is 6.37. The first-order chi connectivity index (χ1) is 11.9. The summed E-state index contributed by atoms with van der Waals surface area (Å²) in [6.45, 7) is 4.66. The number of hydrogen-bond acceptors (Lipinski definition) is 6. The molecule has 9 heteroatoms. The van der Waals surface area contributed by atoms with Crippen LogP contribution >= 0.6 is 0 Å². The summed E-state index contributed by atoms with van der Waals surface area (Å²) in [5, 5.41) is 19.0. The summed E-state index contributed by atoms with van der Waals surface area (Å²) in [5.41, 5.74) is 0. The third-order valence-electron chi connectivity index (χ3n) is 4.08. The van der Waals surface area contributed by atoms with Gasteiger partial charge in [-0.15, -0.1) is 10.2 Å². The molecule has 0 aromatic carbocycles. The van der Waals surface area contributed by atoms with E-state index in [1.54, 1.807) is 17.0 Å². The van der Waals surface area contributed by atoms with E-state index in [1.165, 1.54) is 7.11 Å². The molecule has 1 aromatic heterocycles. The van der Waals surface area contributed by atoms with E-state index in [4.69, 9.17) is 14.6 Å². The van der Waals surface area contributed by atoms with E-state index in [0.717, 1.165) is 0 Å². The predicted molar refractivity (Wildman–Crippen MR) is 88.6 cm³/mol. The number of ether oxygens (including phenoxy) is 2. The lowest BCUT2D eigenvalue weighted by Crippen LogP contribution is -2.53. The van der Waals surface area contributed by atoms with E-state index in [1.807, 2.05) is 13.8 Å². The van der Waals surface area contributed by atoms with Crippen LogP contribution in [0.4, 0.5) is 4.79 Å². The van der Waals surface area contributed by atoms with Crippen molar-refractivity contribution < 1.29 is 24.2 Å². The highest BCUT2D eigenvalue weighted by Crippen LogP contribution is 2.19. The fraction of sp³-hybridized carbons (Fsp3) is 0.625. The Labute approximate surface area is 146 Å². The topological polar surface area (TPSA) is 114 Å². The van der Waals surface area contributed by atoms with E-state index >= 15 is 0 Å². The Morgan fingerprint density at radius 3 is 2.32 bits per heavy atom. The largest absolute Gasteiger partial charge is 0.480 e. The van der Waals surface area contributed by atoms with Crippen molar-refractivity contribution in [3.05, 3.63) is 12.1 Å². The third-order valence-corrected chi connectivity index (χ3v) is 4.08. The van der Waals surface area contributed by atoms with Gasteiger partial charge in [-0.3, -0.25) is 4.79 Å². The fourth-order valence-corrected chi connectivity index (χ4v) is 2.69. The van der Waals surface area contributed by atoms with Crippen LogP contribution in [0.25, 0.3) is 0 Å². The number of amides is 2. The average molecular weight is 352 g/mol. The van der Waals surface area contributed by atoms with Crippen LogP contribution in [0.3, 0.4) is 0 Å². The molecule has 0 aliphatic carbocycles. The van der Waals surface area contributed by atoms with Crippen molar-refractivity contribution in [3.8, 4) is 11.8 Å². The third kappa shape index (κ3) is 5.20. The van der Waals surface area contributed by atoms with Gasteiger partial charge in [-0.25, -0.2) is 4.79 Å². The molecule has 9 nitrogen and oxygen atoms in total. The van der Waals surface area contributed by atoms with Crippen LogP contribution < -0.4 is 14.8 Å². The van der Waals surface area contributed by atoms with Gasteiger partial charge in [0.25, 0.3) is 0 Å². The van der Waals surface area contributed by atoms with Gasteiger partial charge in [0.15, 0.2) is 0 Å². The van der Waals surface area contributed by atoms with Gasteiger partial charge in [0.2, 0.25) is 17.7 Å². The number of likely N-dealkylation sites (tertiary alicyclic amines) is 1. The van der Waals surface area contributed by atoms with Gasteiger partial charge in [-0.05, 0) is 5.92 Å². The summed E-state index contributed by atoms with van der Waals surface area (Å²) >= 11 is 0. The summed E-state index contributed by atoms with van der Waals surface area (Å²) in [6, 6.07) is 2.63. The molecule has 1 atom stereocenters. The number of nitrogens with zero attached hydrogens (tertiary/aromatic N) is 3. The van der Waals surface area contributed by atoms with Gasteiger partial charge in [0.1, 0.15) is 12.1 Å². The molecule has 1 aliphatic rings. The number of carboxylic acid groups (broad SMARTS) is 1. The van der Waals surface area contributed by atoms with Crippen molar-refractivity contribution in [3.63, 3.8) is 0 Å². The van der Waals surface area contributed by atoms with Crippen molar-refractivity contribution in [2.24, 2.45) is 5.92 Å². The van der Waals surface area contributed by atoms with Crippen LogP contribution in [0, 0.1) is 5.92 Å². The highest BCUT2D eigenvalue weighted by molar-refractivity contribution is 5.85. The molecule has 25 heavy (non-hydrogen) atoms. The van der Waals surface area contributed by atoms with Crippen LogP contribution in [0.2, 0.25) is 0 Å². The minimum Gasteiger partial charge on any atom is -0.480 e. The fourth-order valence-electron chi connectivity index (χ4n) is 2.69. The molecule has 1 aromatic rings. The van der Waals surface area contributed by atoms with Crippen LogP contribution in [-0.4, -0.2) is 64.5 Å². The molecular weight excluding hydrogens is 328 g/mol. The summed E-state index contributed by atoms with van der Waals surface area (Å²) in [6.07, 6.45) is 0.0503. The Hall–Kier alpha value is -2.58. The summed E-state index contributed by atoms with van der Waals surface area (Å²) in [5.74, 6) is 0.517. The lowest BCUT2D eigenvalue weighted by atomic mass is 10.0. The molecule has 2 amide bonds. The Bertz CT molecular complexity index is 585. The molecule has 1 fully saturated rings. The molecule has 0 unspecified atom stereocenters. The van der Waals surface area contributed by atoms with E-state index in [2.05, 4.69) is 15.5 Å². The first kappa shape index (κ1) is 18.8. The molecule has 0 radical (unpaired) electrons. The van der Waals surface area contributed by atoms with Gasteiger partial charge < -0.3 is 24.8 Å². The van der Waals surface area contributed by atoms with Gasteiger partial charge in [-0.1, -0.05) is 13.8 Å². The van der Waals surface area contributed by atoms with Crippen LogP contribution in [0.1, 0.15) is 26.7 Å². The molecule has 2 rings (SSSR count). The van der Waals surface area contributed by atoms with Gasteiger partial charge >= 0.3 is 6.09 Å². The smallest absolute Gasteiger partial charge is 0.405 e. The normalized spacial score (nSPS) is 16.4. The summed E-state index contributed by atoms with van der Waals surface area (Å²) in [4.78, 5) is 25.1. The van der Waals surface area contributed by atoms with E-state index < -0.39 is 12.1 Å². The van der Waals surface area contributed by atoms with Gasteiger partial charge in [0.05, 0.1) is 7.11 Å². The highest BCUT2D eigenvalue weighted by atomic mass is 16.5. The number of carbonyl (C=O) groups excluding carboxylic acids is 1. The van der Waals surface area contributed by atoms with E-state index in [9.17, 15) is 9.59 Å². The molecular formula is C16H24N4O5. The number of aromatic nitrogens is 2. The van der Waals surface area contributed by atoms with E-state index in [-0.39, 0.29) is 17.9 Å². The van der Waals surface area contributed by atoms with Crippen molar-refractivity contribution in [2.45, 2.75) is 38.8 Å². The second-order valence-corrected chi connectivity index (χ2v) is 6.23. The monoisotopic (exact) mass is 352 g/mol. The van der Waals surface area contributed by atoms with Crippen LogP contribution in [0.5, 0.6) is 11.8 Å². The van der Waals surface area contributed by atoms with Crippen LogP contribution in [-0.2, 0) is 4.79 Å². The SMILES string of the molecule is COc1ccc(OC2CCN(C(=O)[C@@H](NC(=O)O)C(C)C)CC2)nn1. The number of nitrogens with one attached hydrogen (secondary N) is 1. The molecule has 0 saturated carbocycles. The second-order valence-electron chi connectivity index (χ2n) is 6.23. The minimum atomic E-state index is -1.19. The van der Waals surface area contributed by atoms with Gasteiger partial charge in [-0.2, -0.15) is 0 Å². The average Bonchev–Trinajstić information content (AvgIpc) is 2.60. The van der Waals surface area contributed by atoms with Crippen molar-refractivity contribution in [1.82, 2.24) is 20.4 Å². The maximum Gasteiger partial charge on any atom is 0.405 e. The van der Waals surface area contributed by atoms with Crippen molar-refractivity contribution in [2.75, 3.05) is 20.2 Å². The first-order valence-electron chi connectivity index (χ1n) is 8.23. The predicted octanol–water partition coefficient (Wildman–Crippen LogP) is 1.15. The lowest BCUT2D eigenvalue weighted by molar-refractivity contribution is -0.136. The zero-order valence-electron chi connectivity index (χ0n) is 14.6. The number of rotatable bonds is 6. The molecule has 2 N–H and O–H groups in total. The maximum atomic E-state index is 12.5. The molecule has 2 heterocycles.